The minimum Gasteiger partial charge on any atom is -0.462 e. The summed E-state index contributed by atoms with van der Waals surface area (Å²) in [6.07, 6.45) is 1.76. The molecule has 0 aliphatic rings. The minimum absolute atomic E-state index is 0.0659. The van der Waals surface area contributed by atoms with Crippen molar-refractivity contribution in [1.82, 2.24) is 10.3 Å². The zero-order valence-corrected chi connectivity index (χ0v) is 14.0. The quantitative estimate of drug-likeness (QED) is 0.293. The Morgan fingerprint density at radius 1 is 1.23 bits per heavy atom. The zero-order chi connectivity index (χ0) is 18.5. The summed E-state index contributed by atoms with van der Waals surface area (Å²) in [5, 5.41) is 21.5. The highest BCUT2D eigenvalue weighted by Crippen LogP contribution is 2.33. The number of hydrogen-bond donors (Lipinski definition) is 1. The van der Waals surface area contributed by atoms with E-state index < -0.39 is 10.9 Å². The number of nitro groups is 1. The molecule has 3 aromatic rings. The molecule has 0 atom stereocenters. The van der Waals surface area contributed by atoms with Gasteiger partial charge < -0.3 is 10.1 Å². The molecule has 0 saturated heterocycles. The number of benzene rings is 2. The molecular weight excluding hydrogens is 340 g/mol. The topological polar surface area (TPSA) is 120 Å². The highest BCUT2D eigenvalue weighted by Gasteiger charge is 2.22. The highest BCUT2D eigenvalue weighted by molar-refractivity contribution is 5.92. The van der Waals surface area contributed by atoms with E-state index in [2.05, 4.69) is 20.3 Å². The molecule has 9 nitrogen and oxygen atoms in total. The number of fused-ring (bicyclic) bond motifs is 1. The first-order chi connectivity index (χ1) is 12.6. The van der Waals surface area contributed by atoms with Gasteiger partial charge in [-0.15, -0.1) is 0 Å². The summed E-state index contributed by atoms with van der Waals surface area (Å²) in [4.78, 5) is 22.7. The van der Waals surface area contributed by atoms with Crippen molar-refractivity contribution >= 4 is 34.1 Å². The van der Waals surface area contributed by atoms with Crippen molar-refractivity contribution in [3.8, 4) is 0 Å². The van der Waals surface area contributed by atoms with E-state index in [0.717, 1.165) is 12.8 Å². The first kappa shape index (κ1) is 17.3. The summed E-state index contributed by atoms with van der Waals surface area (Å²) in [5.74, 6) is -0.397. The van der Waals surface area contributed by atoms with Crippen LogP contribution in [-0.4, -0.2) is 27.8 Å². The number of nitrogens with zero attached hydrogens (tertiary/aromatic N) is 3. The SMILES string of the molecule is CCCCOC(=O)c1ccc(Nc2ccc3nonc3c2[N+](=O)[O-])cc1. The van der Waals surface area contributed by atoms with Crippen LogP contribution in [0.5, 0.6) is 0 Å². The van der Waals surface area contributed by atoms with Crippen LogP contribution in [0.3, 0.4) is 0 Å². The van der Waals surface area contributed by atoms with Gasteiger partial charge in [0.1, 0.15) is 11.2 Å². The molecular formula is C17H16N4O5. The molecule has 134 valence electrons. The van der Waals surface area contributed by atoms with Gasteiger partial charge in [0, 0.05) is 5.69 Å². The molecule has 2 aromatic carbocycles. The Kier molecular flexibility index (Phi) is 5.07. The number of aromatic nitrogens is 2. The zero-order valence-electron chi connectivity index (χ0n) is 14.0. The number of rotatable bonds is 7. The van der Waals surface area contributed by atoms with Crippen LogP contribution in [0.2, 0.25) is 0 Å². The van der Waals surface area contributed by atoms with E-state index in [1.807, 2.05) is 6.92 Å². The van der Waals surface area contributed by atoms with Crippen molar-refractivity contribution in [3.63, 3.8) is 0 Å². The van der Waals surface area contributed by atoms with E-state index in [0.29, 0.717) is 23.4 Å². The normalized spacial score (nSPS) is 10.7. The summed E-state index contributed by atoms with van der Waals surface area (Å²) < 4.78 is 9.70. The Balaban J connectivity index is 1.79. The fourth-order valence-electron chi connectivity index (χ4n) is 2.36. The molecule has 0 aliphatic heterocycles. The molecule has 0 fully saturated rings. The maximum absolute atomic E-state index is 11.9. The molecule has 1 aromatic heterocycles. The van der Waals surface area contributed by atoms with Crippen LogP contribution in [-0.2, 0) is 4.74 Å². The third-order valence-corrected chi connectivity index (χ3v) is 3.71. The fraction of sp³-hybridized carbons (Fsp3) is 0.235. The van der Waals surface area contributed by atoms with Crippen LogP contribution in [0.4, 0.5) is 17.1 Å². The van der Waals surface area contributed by atoms with Gasteiger partial charge in [-0.3, -0.25) is 10.1 Å². The lowest BCUT2D eigenvalue weighted by Crippen LogP contribution is -2.06. The van der Waals surface area contributed by atoms with E-state index in [9.17, 15) is 14.9 Å². The second kappa shape index (κ2) is 7.60. The summed E-state index contributed by atoms with van der Waals surface area (Å²) >= 11 is 0. The number of hydrogen-bond acceptors (Lipinski definition) is 8. The van der Waals surface area contributed by atoms with Gasteiger partial charge in [0.15, 0.2) is 0 Å². The number of nitro benzene ring substituents is 1. The molecule has 0 aliphatic carbocycles. The third-order valence-electron chi connectivity index (χ3n) is 3.71. The average Bonchev–Trinajstić information content (AvgIpc) is 3.10. The van der Waals surface area contributed by atoms with Crippen LogP contribution in [0.15, 0.2) is 41.0 Å². The van der Waals surface area contributed by atoms with Crippen LogP contribution in [0.1, 0.15) is 30.1 Å². The van der Waals surface area contributed by atoms with E-state index in [1.54, 1.807) is 30.3 Å². The van der Waals surface area contributed by atoms with Crippen LogP contribution in [0.25, 0.3) is 11.0 Å². The van der Waals surface area contributed by atoms with Gasteiger partial charge in [0.2, 0.25) is 5.52 Å². The molecule has 0 unspecified atom stereocenters. The predicted octanol–water partition coefficient (Wildman–Crippen LogP) is 3.83. The maximum Gasteiger partial charge on any atom is 0.338 e. The number of esters is 1. The standard InChI is InChI=1S/C17H16N4O5/c1-2-3-10-25-17(22)11-4-6-12(7-5-11)18-14-9-8-13-15(20-26-19-13)16(14)21(23)24/h4-9,18H,2-3,10H2,1H3. The van der Waals surface area contributed by atoms with E-state index >= 15 is 0 Å². The van der Waals surface area contributed by atoms with Crippen molar-refractivity contribution in [2.24, 2.45) is 0 Å². The Hall–Kier alpha value is -3.49. The summed E-state index contributed by atoms with van der Waals surface area (Å²) in [5.41, 5.74) is 1.37. The van der Waals surface area contributed by atoms with Gasteiger partial charge in [-0.25, -0.2) is 9.42 Å². The number of unbranched alkanes of at least 4 members (excludes halogenated alkanes) is 1. The van der Waals surface area contributed by atoms with Gasteiger partial charge in [-0.1, -0.05) is 13.3 Å². The molecule has 0 bridgehead atoms. The van der Waals surface area contributed by atoms with Crippen molar-refractivity contribution in [2.75, 3.05) is 11.9 Å². The minimum atomic E-state index is -0.547. The van der Waals surface area contributed by atoms with Crippen molar-refractivity contribution in [2.45, 2.75) is 19.8 Å². The van der Waals surface area contributed by atoms with E-state index in [1.165, 1.54) is 6.07 Å². The van der Waals surface area contributed by atoms with Crippen LogP contribution >= 0.6 is 0 Å². The lowest BCUT2D eigenvalue weighted by Gasteiger charge is -2.08. The smallest absolute Gasteiger partial charge is 0.338 e. The second-order valence-electron chi connectivity index (χ2n) is 5.54. The summed E-state index contributed by atoms with van der Waals surface area (Å²) in [6, 6.07) is 9.58. The summed E-state index contributed by atoms with van der Waals surface area (Å²) in [7, 11) is 0. The fourth-order valence-corrected chi connectivity index (χ4v) is 2.36. The largest absolute Gasteiger partial charge is 0.462 e. The molecule has 0 saturated carbocycles. The van der Waals surface area contributed by atoms with Crippen LogP contribution < -0.4 is 5.32 Å². The van der Waals surface area contributed by atoms with E-state index in [4.69, 9.17) is 4.74 Å². The van der Waals surface area contributed by atoms with Crippen molar-refractivity contribution < 1.29 is 19.1 Å². The molecule has 1 heterocycles. The van der Waals surface area contributed by atoms with Gasteiger partial charge in [0.25, 0.3) is 0 Å². The molecule has 9 heteroatoms. The van der Waals surface area contributed by atoms with Gasteiger partial charge in [-0.05, 0) is 53.1 Å². The molecule has 0 amide bonds. The lowest BCUT2D eigenvalue weighted by molar-refractivity contribution is -0.382. The predicted molar refractivity (Wildman–Crippen MR) is 93.4 cm³/mol. The monoisotopic (exact) mass is 356 g/mol. The van der Waals surface area contributed by atoms with E-state index in [-0.39, 0.29) is 16.9 Å². The van der Waals surface area contributed by atoms with Gasteiger partial charge >= 0.3 is 11.7 Å². The number of nitrogens with one attached hydrogen (secondary N) is 1. The highest BCUT2D eigenvalue weighted by atomic mass is 16.6. The van der Waals surface area contributed by atoms with Crippen molar-refractivity contribution in [1.29, 1.82) is 0 Å². The number of carbonyl (C=O) groups excluding carboxylic acids is 1. The molecule has 0 radical (unpaired) electrons. The Morgan fingerprint density at radius 2 is 2.00 bits per heavy atom. The maximum atomic E-state index is 11.9. The van der Waals surface area contributed by atoms with Gasteiger partial charge in [0.05, 0.1) is 17.1 Å². The third kappa shape index (κ3) is 3.61. The molecule has 3 rings (SSSR count). The molecule has 1 N–H and O–H groups in total. The first-order valence-electron chi connectivity index (χ1n) is 8.04. The van der Waals surface area contributed by atoms with Gasteiger partial charge in [-0.2, -0.15) is 0 Å². The number of ether oxygens (including phenoxy) is 1. The molecule has 26 heavy (non-hydrogen) atoms. The number of carbonyl (C=O) groups is 1. The lowest BCUT2D eigenvalue weighted by atomic mass is 10.2. The molecule has 0 spiro atoms. The Bertz CT molecular complexity index is 936. The Morgan fingerprint density at radius 3 is 2.69 bits per heavy atom. The van der Waals surface area contributed by atoms with Crippen LogP contribution in [0, 0.1) is 10.1 Å². The summed E-state index contributed by atoms with van der Waals surface area (Å²) in [6.45, 7) is 2.40. The Labute approximate surface area is 148 Å². The first-order valence-corrected chi connectivity index (χ1v) is 8.04. The van der Waals surface area contributed by atoms with Crippen molar-refractivity contribution in [3.05, 3.63) is 52.1 Å². The number of anilines is 2. The second-order valence-corrected chi connectivity index (χ2v) is 5.54. The average molecular weight is 356 g/mol.